The van der Waals surface area contributed by atoms with Gasteiger partial charge < -0.3 is 9.64 Å². The lowest BCUT2D eigenvalue weighted by atomic mass is 9.94. The Hall–Kier alpha value is -0.740. The molecule has 0 bridgehead atoms. The predicted molar refractivity (Wildman–Crippen MR) is 81.8 cm³/mol. The largest absolute Gasteiger partial charge is 0.492 e. The number of alkyl halides is 1. The van der Waals surface area contributed by atoms with Gasteiger partial charge in [0.1, 0.15) is 12.4 Å². The van der Waals surface area contributed by atoms with E-state index in [0.717, 1.165) is 10.2 Å². The Bertz CT molecular complexity index is 420. The Morgan fingerprint density at radius 2 is 1.95 bits per heavy atom. The van der Waals surface area contributed by atoms with Crippen molar-refractivity contribution in [1.29, 1.82) is 0 Å². The number of hydrogen-bond donors (Lipinski definition) is 0. The van der Waals surface area contributed by atoms with Crippen LogP contribution >= 0.6 is 27.5 Å². The summed E-state index contributed by atoms with van der Waals surface area (Å²) in [5.41, 5.74) is -0.534. The molecular formula is C14H19BrClNO2. The molecule has 0 aliphatic heterocycles. The molecule has 0 radical (unpaired) electrons. The van der Waals surface area contributed by atoms with Crippen LogP contribution in [-0.4, -0.2) is 36.9 Å². The number of amides is 1. The molecule has 0 spiro atoms. The average molecular weight is 349 g/mol. The predicted octanol–water partition coefficient (Wildman–Crippen LogP) is 3.55. The van der Waals surface area contributed by atoms with Crippen molar-refractivity contribution in [2.24, 2.45) is 5.41 Å². The lowest BCUT2D eigenvalue weighted by molar-refractivity contribution is -0.138. The summed E-state index contributed by atoms with van der Waals surface area (Å²) in [6.07, 6.45) is 0. The molecule has 1 rings (SSSR count). The first-order chi connectivity index (χ1) is 8.86. The molecule has 1 aromatic carbocycles. The van der Waals surface area contributed by atoms with Crippen molar-refractivity contribution >= 4 is 33.4 Å². The first kappa shape index (κ1) is 16.3. The molecule has 0 saturated carbocycles. The van der Waals surface area contributed by atoms with Crippen molar-refractivity contribution in [2.45, 2.75) is 13.8 Å². The highest BCUT2D eigenvalue weighted by atomic mass is 79.9. The van der Waals surface area contributed by atoms with Gasteiger partial charge in [-0.1, -0.05) is 15.9 Å². The first-order valence-electron chi connectivity index (χ1n) is 6.07. The molecule has 1 aromatic rings. The van der Waals surface area contributed by atoms with E-state index in [0.29, 0.717) is 19.0 Å². The summed E-state index contributed by atoms with van der Waals surface area (Å²) >= 11 is 9.16. The average Bonchev–Trinajstić information content (AvgIpc) is 2.40. The van der Waals surface area contributed by atoms with Crippen LogP contribution < -0.4 is 4.74 Å². The quantitative estimate of drug-likeness (QED) is 0.736. The van der Waals surface area contributed by atoms with Crippen molar-refractivity contribution in [1.82, 2.24) is 4.90 Å². The second-order valence-corrected chi connectivity index (χ2v) is 6.23. The van der Waals surface area contributed by atoms with E-state index < -0.39 is 5.41 Å². The highest BCUT2D eigenvalue weighted by molar-refractivity contribution is 9.10. The topological polar surface area (TPSA) is 29.5 Å². The molecule has 0 aliphatic rings. The van der Waals surface area contributed by atoms with Crippen LogP contribution in [0.4, 0.5) is 0 Å². The number of rotatable bonds is 6. The third-order valence-corrected chi connectivity index (χ3v) is 3.97. The van der Waals surface area contributed by atoms with Crippen LogP contribution in [0.25, 0.3) is 0 Å². The maximum absolute atomic E-state index is 12.1. The third-order valence-electron chi connectivity index (χ3n) is 2.77. The van der Waals surface area contributed by atoms with Gasteiger partial charge in [-0.3, -0.25) is 4.79 Å². The van der Waals surface area contributed by atoms with Crippen molar-refractivity contribution in [3.63, 3.8) is 0 Å². The molecule has 0 atom stereocenters. The Labute approximate surface area is 128 Å². The minimum atomic E-state index is -0.534. The monoisotopic (exact) mass is 347 g/mol. The summed E-state index contributed by atoms with van der Waals surface area (Å²) in [5.74, 6) is 1.13. The molecular weight excluding hydrogens is 330 g/mol. The van der Waals surface area contributed by atoms with Gasteiger partial charge in [-0.25, -0.2) is 0 Å². The fourth-order valence-corrected chi connectivity index (χ4v) is 1.89. The molecule has 1 amide bonds. The number of halogens is 2. The van der Waals surface area contributed by atoms with Crippen LogP contribution in [0, 0.1) is 5.41 Å². The van der Waals surface area contributed by atoms with E-state index in [1.165, 1.54) is 0 Å². The van der Waals surface area contributed by atoms with E-state index >= 15 is 0 Å². The van der Waals surface area contributed by atoms with Crippen LogP contribution in [0.15, 0.2) is 28.7 Å². The maximum atomic E-state index is 12.1. The van der Waals surface area contributed by atoms with Crippen molar-refractivity contribution in [3.05, 3.63) is 28.7 Å². The Balaban J connectivity index is 2.40. The van der Waals surface area contributed by atoms with Gasteiger partial charge in [0, 0.05) is 17.4 Å². The molecule has 0 aromatic heterocycles. The Morgan fingerprint density at radius 3 is 2.47 bits per heavy atom. The molecule has 0 aliphatic carbocycles. The summed E-state index contributed by atoms with van der Waals surface area (Å²) in [6.45, 7) is 4.68. The number of nitrogens with zero attached hydrogens (tertiary/aromatic N) is 1. The summed E-state index contributed by atoms with van der Waals surface area (Å²) in [4.78, 5) is 13.7. The van der Waals surface area contributed by atoms with Crippen molar-refractivity contribution < 1.29 is 9.53 Å². The third kappa shape index (κ3) is 5.03. The van der Waals surface area contributed by atoms with Gasteiger partial charge in [0.15, 0.2) is 0 Å². The standard InChI is InChI=1S/C14H19BrClNO2/c1-14(2,10-16)13(18)17(3)8-9-19-12-6-4-11(15)5-7-12/h4-7H,8-10H2,1-3H3. The minimum Gasteiger partial charge on any atom is -0.492 e. The lowest BCUT2D eigenvalue weighted by Gasteiger charge is -2.27. The number of carbonyl (C=O) groups is 1. The second-order valence-electron chi connectivity index (χ2n) is 5.05. The lowest BCUT2D eigenvalue weighted by Crippen LogP contribution is -2.41. The van der Waals surface area contributed by atoms with E-state index in [1.807, 2.05) is 38.1 Å². The van der Waals surface area contributed by atoms with E-state index in [9.17, 15) is 4.79 Å². The SMILES string of the molecule is CN(CCOc1ccc(Br)cc1)C(=O)C(C)(C)CCl. The van der Waals surface area contributed by atoms with E-state index in [-0.39, 0.29) is 5.91 Å². The van der Waals surface area contributed by atoms with Gasteiger partial charge >= 0.3 is 0 Å². The molecule has 106 valence electrons. The number of ether oxygens (including phenoxy) is 1. The fraction of sp³-hybridized carbons (Fsp3) is 0.500. The molecule has 0 unspecified atom stereocenters. The van der Waals surface area contributed by atoms with Crippen LogP contribution in [0.2, 0.25) is 0 Å². The van der Waals surface area contributed by atoms with Crippen LogP contribution in [-0.2, 0) is 4.79 Å². The second kappa shape index (κ2) is 7.15. The Kier molecular flexibility index (Phi) is 6.14. The van der Waals surface area contributed by atoms with E-state index in [4.69, 9.17) is 16.3 Å². The molecule has 19 heavy (non-hydrogen) atoms. The zero-order valence-electron chi connectivity index (χ0n) is 11.5. The summed E-state index contributed by atoms with van der Waals surface area (Å²) in [7, 11) is 1.77. The summed E-state index contributed by atoms with van der Waals surface area (Å²) in [5, 5.41) is 0. The zero-order valence-corrected chi connectivity index (χ0v) is 13.8. The molecule has 0 heterocycles. The zero-order chi connectivity index (χ0) is 14.5. The van der Waals surface area contributed by atoms with E-state index in [2.05, 4.69) is 15.9 Å². The maximum Gasteiger partial charge on any atom is 0.229 e. The van der Waals surface area contributed by atoms with Gasteiger partial charge in [0.25, 0.3) is 0 Å². The van der Waals surface area contributed by atoms with Crippen LogP contribution in [0.5, 0.6) is 5.75 Å². The number of hydrogen-bond acceptors (Lipinski definition) is 2. The van der Waals surface area contributed by atoms with Crippen molar-refractivity contribution in [3.8, 4) is 5.75 Å². The van der Waals surface area contributed by atoms with Crippen LogP contribution in [0.1, 0.15) is 13.8 Å². The minimum absolute atomic E-state index is 0.0295. The van der Waals surface area contributed by atoms with E-state index in [1.54, 1.807) is 11.9 Å². The van der Waals surface area contributed by atoms with Gasteiger partial charge in [-0.15, -0.1) is 11.6 Å². The number of likely N-dealkylation sites (N-methyl/N-ethyl adjacent to an activating group) is 1. The van der Waals surface area contributed by atoms with Gasteiger partial charge in [0.2, 0.25) is 5.91 Å². The smallest absolute Gasteiger partial charge is 0.229 e. The highest BCUT2D eigenvalue weighted by Crippen LogP contribution is 2.20. The van der Waals surface area contributed by atoms with Crippen LogP contribution in [0.3, 0.4) is 0 Å². The molecule has 0 N–H and O–H groups in total. The Morgan fingerprint density at radius 1 is 1.37 bits per heavy atom. The molecule has 0 saturated heterocycles. The summed E-state index contributed by atoms with van der Waals surface area (Å²) in [6, 6.07) is 7.60. The van der Waals surface area contributed by atoms with Gasteiger partial charge in [-0.2, -0.15) is 0 Å². The van der Waals surface area contributed by atoms with Gasteiger partial charge in [0.05, 0.1) is 12.0 Å². The highest BCUT2D eigenvalue weighted by Gasteiger charge is 2.29. The molecule has 5 heteroatoms. The first-order valence-corrected chi connectivity index (χ1v) is 7.39. The number of carbonyl (C=O) groups excluding carboxylic acids is 1. The normalized spacial score (nSPS) is 11.2. The fourth-order valence-electron chi connectivity index (χ4n) is 1.51. The summed E-state index contributed by atoms with van der Waals surface area (Å²) < 4.78 is 6.59. The molecule has 3 nitrogen and oxygen atoms in total. The van der Waals surface area contributed by atoms with Gasteiger partial charge in [-0.05, 0) is 38.1 Å². The number of benzene rings is 1. The molecule has 0 fully saturated rings. The van der Waals surface area contributed by atoms with Crippen molar-refractivity contribution in [2.75, 3.05) is 26.1 Å².